The van der Waals surface area contributed by atoms with Crippen LogP contribution in [-0.4, -0.2) is 37.6 Å². The first kappa shape index (κ1) is 16.0. The molecule has 0 aromatic heterocycles. The number of benzene rings is 2. The van der Waals surface area contributed by atoms with Crippen LogP contribution < -0.4 is 5.73 Å². The lowest BCUT2D eigenvalue weighted by atomic mass is 10.1. The molecule has 2 N–H and O–H groups in total. The number of nitrogen functional groups attached to an aromatic ring is 1. The number of anilines is 1. The van der Waals surface area contributed by atoms with E-state index in [-0.39, 0.29) is 5.97 Å². The standard InChI is InChI=1S/C18H22N2O2/c1-20(12-11-15-5-3-2-4-6-15)13-14-22-18(21)16-7-9-17(19)10-8-16/h2-10H,11-14,19H2,1H3. The third-order valence-electron chi connectivity index (χ3n) is 3.48. The van der Waals surface area contributed by atoms with Crippen LogP contribution >= 0.6 is 0 Å². The number of ether oxygens (including phenoxy) is 1. The third kappa shape index (κ3) is 5.22. The number of carbonyl (C=O) groups excluding carboxylic acids is 1. The summed E-state index contributed by atoms with van der Waals surface area (Å²) in [5, 5.41) is 0. The SMILES string of the molecule is CN(CCOC(=O)c1ccc(N)cc1)CCc1ccccc1. The van der Waals surface area contributed by atoms with Crippen molar-refractivity contribution in [3.05, 3.63) is 65.7 Å². The van der Waals surface area contributed by atoms with Crippen molar-refractivity contribution < 1.29 is 9.53 Å². The normalized spacial score (nSPS) is 10.6. The highest BCUT2D eigenvalue weighted by Gasteiger charge is 2.07. The number of rotatable bonds is 7. The first-order valence-corrected chi connectivity index (χ1v) is 7.40. The lowest BCUT2D eigenvalue weighted by Crippen LogP contribution is -2.26. The Kier molecular flexibility index (Phi) is 5.98. The van der Waals surface area contributed by atoms with E-state index >= 15 is 0 Å². The van der Waals surface area contributed by atoms with Gasteiger partial charge in [-0.1, -0.05) is 30.3 Å². The van der Waals surface area contributed by atoms with Gasteiger partial charge in [0.25, 0.3) is 0 Å². The van der Waals surface area contributed by atoms with Gasteiger partial charge >= 0.3 is 5.97 Å². The Hall–Kier alpha value is -2.33. The van der Waals surface area contributed by atoms with Gasteiger partial charge in [-0.25, -0.2) is 4.79 Å². The summed E-state index contributed by atoms with van der Waals surface area (Å²) in [6.07, 6.45) is 0.989. The van der Waals surface area contributed by atoms with E-state index in [4.69, 9.17) is 10.5 Å². The number of likely N-dealkylation sites (N-methyl/N-ethyl adjacent to an activating group) is 1. The molecule has 2 aromatic rings. The molecule has 0 unspecified atom stereocenters. The molecule has 0 heterocycles. The van der Waals surface area contributed by atoms with Gasteiger partial charge in [0.15, 0.2) is 0 Å². The molecule has 0 fully saturated rings. The van der Waals surface area contributed by atoms with Crippen molar-refractivity contribution in [2.24, 2.45) is 0 Å². The molecule has 22 heavy (non-hydrogen) atoms. The van der Waals surface area contributed by atoms with Crippen molar-refractivity contribution in [3.63, 3.8) is 0 Å². The molecule has 4 nitrogen and oxygen atoms in total. The largest absolute Gasteiger partial charge is 0.461 e. The van der Waals surface area contributed by atoms with Crippen LogP contribution in [0.15, 0.2) is 54.6 Å². The highest BCUT2D eigenvalue weighted by atomic mass is 16.5. The second-order valence-electron chi connectivity index (χ2n) is 5.30. The first-order chi connectivity index (χ1) is 10.6. The summed E-state index contributed by atoms with van der Waals surface area (Å²) in [5.41, 5.74) is 8.07. The molecule has 2 rings (SSSR count). The van der Waals surface area contributed by atoms with E-state index in [1.807, 2.05) is 25.2 Å². The van der Waals surface area contributed by atoms with Gasteiger partial charge in [-0.15, -0.1) is 0 Å². The van der Waals surface area contributed by atoms with Crippen molar-refractivity contribution in [1.82, 2.24) is 4.90 Å². The Labute approximate surface area is 131 Å². The van der Waals surface area contributed by atoms with Gasteiger partial charge in [0.05, 0.1) is 5.56 Å². The van der Waals surface area contributed by atoms with Crippen molar-refractivity contribution in [1.29, 1.82) is 0 Å². The highest BCUT2D eigenvalue weighted by Crippen LogP contribution is 2.07. The van der Waals surface area contributed by atoms with Crippen LogP contribution in [0.25, 0.3) is 0 Å². The summed E-state index contributed by atoms with van der Waals surface area (Å²) in [6.45, 7) is 2.03. The molecule has 0 amide bonds. The van der Waals surface area contributed by atoms with E-state index < -0.39 is 0 Å². The maximum atomic E-state index is 11.8. The fraction of sp³-hybridized carbons (Fsp3) is 0.278. The van der Waals surface area contributed by atoms with Crippen LogP contribution in [0.2, 0.25) is 0 Å². The minimum absolute atomic E-state index is 0.309. The molecule has 116 valence electrons. The van der Waals surface area contributed by atoms with Crippen LogP contribution in [0.3, 0.4) is 0 Å². The van der Waals surface area contributed by atoms with E-state index in [0.717, 1.165) is 13.0 Å². The van der Waals surface area contributed by atoms with Gasteiger partial charge in [0.1, 0.15) is 6.61 Å². The Morgan fingerprint density at radius 1 is 1.05 bits per heavy atom. The molecular formula is C18H22N2O2. The van der Waals surface area contributed by atoms with Gasteiger partial charge in [-0.05, 0) is 43.3 Å². The molecule has 0 saturated carbocycles. The van der Waals surface area contributed by atoms with Crippen molar-refractivity contribution in [2.45, 2.75) is 6.42 Å². The molecule has 0 aliphatic rings. The average Bonchev–Trinajstić information content (AvgIpc) is 2.54. The lowest BCUT2D eigenvalue weighted by molar-refractivity contribution is 0.0473. The van der Waals surface area contributed by atoms with E-state index in [9.17, 15) is 4.79 Å². The molecule has 0 bridgehead atoms. The summed E-state index contributed by atoms with van der Waals surface area (Å²) in [4.78, 5) is 14.0. The zero-order valence-corrected chi connectivity index (χ0v) is 12.9. The fourth-order valence-electron chi connectivity index (χ4n) is 2.07. The van der Waals surface area contributed by atoms with Gasteiger partial charge in [-0.3, -0.25) is 0 Å². The molecule has 0 atom stereocenters. The van der Waals surface area contributed by atoms with E-state index in [1.165, 1.54) is 5.56 Å². The third-order valence-corrected chi connectivity index (χ3v) is 3.48. The minimum Gasteiger partial charge on any atom is -0.461 e. The monoisotopic (exact) mass is 298 g/mol. The Morgan fingerprint density at radius 2 is 1.73 bits per heavy atom. The second-order valence-corrected chi connectivity index (χ2v) is 5.30. The summed E-state index contributed by atoms with van der Waals surface area (Å²) in [5.74, 6) is -0.309. The topological polar surface area (TPSA) is 55.6 Å². The summed E-state index contributed by atoms with van der Waals surface area (Å²) in [6, 6.07) is 17.1. The zero-order chi connectivity index (χ0) is 15.8. The van der Waals surface area contributed by atoms with Crippen LogP contribution in [0.5, 0.6) is 0 Å². The van der Waals surface area contributed by atoms with Crippen molar-refractivity contribution >= 4 is 11.7 Å². The Balaban J connectivity index is 1.67. The summed E-state index contributed by atoms with van der Waals surface area (Å²) >= 11 is 0. The Bertz CT molecular complexity index is 582. The number of nitrogens with two attached hydrogens (primary N) is 1. The van der Waals surface area contributed by atoms with Crippen molar-refractivity contribution in [2.75, 3.05) is 32.5 Å². The van der Waals surface area contributed by atoms with Gasteiger partial charge < -0.3 is 15.4 Å². The summed E-state index contributed by atoms with van der Waals surface area (Å²) in [7, 11) is 2.03. The number of hydrogen-bond acceptors (Lipinski definition) is 4. The number of esters is 1. The maximum Gasteiger partial charge on any atom is 0.338 e. The van der Waals surface area contributed by atoms with E-state index in [0.29, 0.717) is 24.4 Å². The van der Waals surface area contributed by atoms with Crippen molar-refractivity contribution in [3.8, 4) is 0 Å². The van der Waals surface area contributed by atoms with E-state index in [2.05, 4.69) is 17.0 Å². The molecule has 0 saturated heterocycles. The Morgan fingerprint density at radius 3 is 2.41 bits per heavy atom. The quantitative estimate of drug-likeness (QED) is 0.630. The van der Waals surface area contributed by atoms with Crippen LogP contribution in [-0.2, 0) is 11.2 Å². The number of carbonyl (C=O) groups is 1. The molecule has 0 aliphatic heterocycles. The molecule has 0 aliphatic carbocycles. The van der Waals surface area contributed by atoms with E-state index in [1.54, 1.807) is 24.3 Å². The van der Waals surface area contributed by atoms with Crippen LogP contribution in [0.4, 0.5) is 5.69 Å². The smallest absolute Gasteiger partial charge is 0.338 e. The highest BCUT2D eigenvalue weighted by molar-refractivity contribution is 5.89. The van der Waals surface area contributed by atoms with Gasteiger partial charge in [0.2, 0.25) is 0 Å². The lowest BCUT2D eigenvalue weighted by Gasteiger charge is -2.16. The summed E-state index contributed by atoms with van der Waals surface area (Å²) < 4.78 is 5.27. The fourth-order valence-corrected chi connectivity index (χ4v) is 2.07. The molecule has 0 spiro atoms. The number of nitrogens with zero attached hydrogens (tertiary/aromatic N) is 1. The predicted molar refractivity (Wildman–Crippen MR) is 88.8 cm³/mol. The predicted octanol–water partition coefficient (Wildman–Crippen LogP) is 2.60. The first-order valence-electron chi connectivity index (χ1n) is 7.40. The maximum absolute atomic E-state index is 11.8. The molecule has 0 radical (unpaired) electrons. The number of hydrogen-bond donors (Lipinski definition) is 1. The van der Waals surface area contributed by atoms with Gasteiger partial charge in [0, 0.05) is 18.8 Å². The molecule has 2 aromatic carbocycles. The van der Waals surface area contributed by atoms with Gasteiger partial charge in [-0.2, -0.15) is 0 Å². The minimum atomic E-state index is -0.309. The molecular weight excluding hydrogens is 276 g/mol. The van der Waals surface area contributed by atoms with Crippen LogP contribution in [0.1, 0.15) is 15.9 Å². The molecule has 4 heteroatoms. The zero-order valence-electron chi connectivity index (χ0n) is 12.9. The second kappa shape index (κ2) is 8.20. The average molecular weight is 298 g/mol. The van der Waals surface area contributed by atoms with Crippen LogP contribution in [0, 0.1) is 0 Å².